The Morgan fingerprint density at radius 3 is 2.27 bits per heavy atom. The van der Waals surface area contributed by atoms with E-state index in [0.717, 1.165) is 16.7 Å². The molecule has 0 atom stereocenters. The molecular formula is C30H30F3NO9S. The van der Waals surface area contributed by atoms with Gasteiger partial charge in [0.05, 0.1) is 21.3 Å². The zero-order chi connectivity index (χ0) is 31.9. The number of fused-ring (bicyclic) bond motifs is 1. The number of halogens is 3. The summed E-state index contributed by atoms with van der Waals surface area (Å²) in [5.74, 6) is 0.305. The standard InChI is InChI=1S/C30H30F3NO9S/c1-38-26-14-21-11-12-34-24(22(21)15-27(26)39-2)13-20-9-10-25(41-16-19-7-5-4-6-8-19)29(40-3)23(20)17-42-28(35)18-43-44(36,37)30(31,32)33/h4-10,14-15H,11-13,16-18H2,1-3H3. The average molecular weight is 638 g/mol. The zero-order valence-corrected chi connectivity index (χ0v) is 24.9. The molecule has 1 heterocycles. The van der Waals surface area contributed by atoms with Gasteiger partial charge in [-0.2, -0.15) is 21.6 Å². The van der Waals surface area contributed by atoms with Gasteiger partial charge in [-0.15, -0.1) is 0 Å². The predicted octanol–water partition coefficient (Wildman–Crippen LogP) is 4.79. The van der Waals surface area contributed by atoms with E-state index < -0.39 is 34.8 Å². The first-order valence-electron chi connectivity index (χ1n) is 13.2. The number of methoxy groups -OCH3 is 3. The molecular weight excluding hydrogens is 607 g/mol. The fourth-order valence-electron chi connectivity index (χ4n) is 4.56. The number of hydrogen-bond acceptors (Lipinski definition) is 10. The Balaban J connectivity index is 1.64. The van der Waals surface area contributed by atoms with Crippen LogP contribution in [0.3, 0.4) is 0 Å². The maximum atomic E-state index is 12.6. The second kappa shape index (κ2) is 14.0. The van der Waals surface area contributed by atoms with E-state index in [2.05, 4.69) is 4.18 Å². The van der Waals surface area contributed by atoms with Crippen LogP contribution >= 0.6 is 0 Å². The zero-order valence-electron chi connectivity index (χ0n) is 24.1. The van der Waals surface area contributed by atoms with Crippen LogP contribution in [0.1, 0.15) is 27.8 Å². The lowest BCUT2D eigenvalue weighted by Crippen LogP contribution is -2.28. The average Bonchev–Trinajstić information content (AvgIpc) is 3.01. The summed E-state index contributed by atoms with van der Waals surface area (Å²) in [4.78, 5) is 17.0. The number of alkyl halides is 3. The summed E-state index contributed by atoms with van der Waals surface area (Å²) < 4.78 is 91.8. The van der Waals surface area contributed by atoms with Crippen LogP contribution in [0.4, 0.5) is 13.2 Å². The highest BCUT2D eigenvalue weighted by atomic mass is 32.2. The monoisotopic (exact) mass is 637 g/mol. The Hall–Kier alpha value is -4.30. The summed E-state index contributed by atoms with van der Waals surface area (Å²) in [6, 6.07) is 16.5. The highest BCUT2D eigenvalue weighted by Gasteiger charge is 2.47. The van der Waals surface area contributed by atoms with E-state index in [1.807, 2.05) is 42.5 Å². The molecule has 0 aromatic heterocycles. The molecule has 1 aliphatic rings. The van der Waals surface area contributed by atoms with Gasteiger partial charge in [-0.25, -0.2) is 4.79 Å². The van der Waals surface area contributed by atoms with Crippen molar-refractivity contribution >= 4 is 21.8 Å². The predicted molar refractivity (Wildman–Crippen MR) is 153 cm³/mol. The first-order chi connectivity index (χ1) is 21.0. The largest absolute Gasteiger partial charge is 0.523 e. The van der Waals surface area contributed by atoms with Gasteiger partial charge in [0.15, 0.2) is 29.6 Å². The van der Waals surface area contributed by atoms with Gasteiger partial charge in [-0.1, -0.05) is 36.4 Å². The van der Waals surface area contributed by atoms with Crippen molar-refractivity contribution in [2.75, 3.05) is 34.5 Å². The Morgan fingerprint density at radius 2 is 1.61 bits per heavy atom. The smallest absolute Gasteiger partial charge is 0.493 e. The van der Waals surface area contributed by atoms with Crippen LogP contribution in [0.25, 0.3) is 0 Å². The fourth-order valence-corrected chi connectivity index (χ4v) is 4.94. The molecule has 10 nitrogen and oxygen atoms in total. The highest BCUT2D eigenvalue weighted by Crippen LogP contribution is 2.37. The minimum Gasteiger partial charge on any atom is -0.493 e. The number of nitrogens with zero attached hydrogens (tertiary/aromatic N) is 1. The molecule has 0 spiro atoms. The SMILES string of the molecule is COc1cc2c(cc1OC)C(Cc1ccc(OCc3ccccc3)c(OC)c1COC(=O)COS(=O)(=O)C(F)(F)F)=NCC2. The van der Waals surface area contributed by atoms with Crippen molar-refractivity contribution < 1.29 is 54.3 Å². The lowest BCUT2D eigenvalue weighted by atomic mass is 9.91. The van der Waals surface area contributed by atoms with Gasteiger partial charge in [0.2, 0.25) is 0 Å². The molecule has 0 bridgehead atoms. The van der Waals surface area contributed by atoms with Crippen molar-refractivity contribution in [3.8, 4) is 23.0 Å². The molecule has 236 valence electrons. The lowest BCUT2D eigenvalue weighted by Gasteiger charge is -2.22. The van der Waals surface area contributed by atoms with Gasteiger partial charge < -0.3 is 23.7 Å². The summed E-state index contributed by atoms with van der Waals surface area (Å²) in [6.07, 6.45) is 0.934. The van der Waals surface area contributed by atoms with Crippen LogP contribution in [0, 0.1) is 0 Å². The molecule has 14 heteroatoms. The molecule has 0 saturated carbocycles. The molecule has 0 amide bonds. The van der Waals surface area contributed by atoms with E-state index in [1.165, 1.54) is 14.2 Å². The van der Waals surface area contributed by atoms with Crippen LogP contribution in [0.5, 0.6) is 23.0 Å². The third kappa shape index (κ3) is 7.61. The quantitative estimate of drug-likeness (QED) is 0.148. The summed E-state index contributed by atoms with van der Waals surface area (Å²) in [5, 5.41) is 0. The molecule has 0 N–H and O–H groups in total. The number of benzene rings is 3. The first kappa shape index (κ1) is 32.6. The van der Waals surface area contributed by atoms with Gasteiger partial charge in [0.1, 0.15) is 13.2 Å². The minimum atomic E-state index is -5.98. The van der Waals surface area contributed by atoms with Crippen molar-refractivity contribution in [1.82, 2.24) is 0 Å². The van der Waals surface area contributed by atoms with Crippen LogP contribution in [-0.4, -0.2) is 60.1 Å². The van der Waals surface area contributed by atoms with Crippen molar-refractivity contribution in [2.45, 2.75) is 31.6 Å². The van der Waals surface area contributed by atoms with E-state index in [0.29, 0.717) is 47.1 Å². The third-order valence-electron chi connectivity index (χ3n) is 6.72. The number of carbonyl (C=O) groups excluding carboxylic acids is 1. The Labute approximate surface area is 252 Å². The third-order valence-corrected chi connectivity index (χ3v) is 7.71. The van der Waals surface area contributed by atoms with Crippen LogP contribution in [-0.2, 0) is 49.9 Å². The number of esters is 1. The molecule has 0 radical (unpaired) electrons. The van der Waals surface area contributed by atoms with E-state index in [4.69, 9.17) is 28.7 Å². The van der Waals surface area contributed by atoms with Gasteiger partial charge in [0.25, 0.3) is 0 Å². The van der Waals surface area contributed by atoms with E-state index in [1.54, 1.807) is 19.2 Å². The van der Waals surface area contributed by atoms with Crippen molar-refractivity contribution in [3.05, 3.63) is 82.4 Å². The van der Waals surface area contributed by atoms with Gasteiger partial charge in [-0.05, 0) is 41.3 Å². The fraction of sp³-hybridized carbons (Fsp3) is 0.333. The molecule has 1 aliphatic heterocycles. The van der Waals surface area contributed by atoms with Crippen molar-refractivity contribution in [3.63, 3.8) is 0 Å². The number of carbonyl (C=O) groups is 1. The Bertz CT molecular complexity index is 1620. The van der Waals surface area contributed by atoms with E-state index in [-0.39, 0.29) is 18.8 Å². The Kier molecular flexibility index (Phi) is 10.4. The van der Waals surface area contributed by atoms with Crippen molar-refractivity contribution in [1.29, 1.82) is 0 Å². The molecule has 0 saturated heterocycles. The summed E-state index contributed by atoms with van der Waals surface area (Å²) in [7, 11) is -1.51. The van der Waals surface area contributed by atoms with Gasteiger partial charge >= 0.3 is 21.6 Å². The van der Waals surface area contributed by atoms with Crippen LogP contribution < -0.4 is 18.9 Å². The normalized spacial score (nSPS) is 13.0. The van der Waals surface area contributed by atoms with Crippen molar-refractivity contribution in [2.24, 2.45) is 4.99 Å². The topological polar surface area (TPSA) is 119 Å². The summed E-state index contributed by atoms with van der Waals surface area (Å²) in [5.41, 5.74) is -1.29. The maximum Gasteiger partial charge on any atom is 0.523 e. The molecule has 4 rings (SSSR count). The first-order valence-corrected chi connectivity index (χ1v) is 14.6. The van der Waals surface area contributed by atoms with Crippen LogP contribution in [0.15, 0.2) is 59.6 Å². The second-order valence-corrected chi connectivity index (χ2v) is 11.1. The molecule has 0 aliphatic carbocycles. The van der Waals surface area contributed by atoms with Crippen LogP contribution in [0.2, 0.25) is 0 Å². The number of hydrogen-bond donors (Lipinski definition) is 0. The number of aliphatic imine (C=N–C) groups is 1. The lowest BCUT2D eigenvalue weighted by molar-refractivity contribution is -0.147. The number of rotatable bonds is 13. The van der Waals surface area contributed by atoms with Gasteiger partial charge in [-0.3, -0.25) is 9.18 Å². The molecule has 0 unspecified atom stereocenters. The van der Waals surface area contributed by atoms with Gasteiger partial charge in [0, 0.05) is 29.8 Å². The number of ether oxygens (including phenoxy) is 5. The highest BCUT2D eigenvalue weighted by molar-refractivity contribution is 7.87. The molecule has 3 aromatic rings. The van der Waals surface area contributed by atoms with E-state index in [9.17, 15) is 26.4 Å². The van der Waals surface area contributed by atoms with E-state index >= 15 is 0 Å². The summed E-state index contributed by atoms with van der Waals surface area (Å²) in [6.45, 7) is -1.24. The summed E-state index contributed by atoms with van der Waals surface area (Å²) >= 11 is 0. The Morgan fingerprint density at radius 1 is 0.909 bits per heavy atom. The maximum absolute atomic E-state index is 12.6. The molecule has 0 fully saturated rings. The molecule has 3 aromatic carbocycles. The molecule has 44 heavy (non-hydrogen) atoms. The minimum absolute atomic E-state index is 0.195. The second-order valence-electron chi connectivity index (χ2n) is 9.45.